The summed E-state index contributed by atoms with van der Waals surface area (Å²) in [7, 11) is 0. The molecule has 2 aromatic carbocycles. The van der Waals surface area contributed by atoms with Gasteiger partial charge in [-0.1, -0.05) is 54.1 Å². The number of hydrogen-bond acceptors (Lipinski definition) is 3. The van der Waals surface area contributed by atoms with Crippen molar-refractivity contribution in [3.63, 3.8) is 0 Å². The van der Waals surface area contributed by atoms with E-state index in [4.69, 9.17) is 4.42 Å². The van der Waals surface area contributed by atoms with Crippen molar-refractivity contribution >= 4 is 5.91 Å². The van der Waals surface area contributed by atoms with Crippen LogP contribution in [0, 0.1) is 6.92 Å². The number of fused-ring (bicyclic) bond motifs is 2. The second kappa shape index (κ2) is 8.65. The molecule has 1 unspecified atom stereocenters. The highest BCUT2D eigenvalue weighted by Gasteiger charge is 2.30. The van der Waals surface area contributed by atoms with Crippen LogP contribution in [0.25, 0.3) is 0 Å². The highest BCUT2D eigenvalue weighted by atomic mass is 16.4. The lowest BCUT2D eigenvalue weighted by atomic mass is 9.99. The lowest BCUT2D eigenvalue weighted by molar-refractivity contribution is 0.0696. The molecule has 5 heteroatoms. The van der Waals surface area contributed by atoms with Gasteiger partial charge in [-0.05, 0) is 54.3 Å². The molecular formula is C29H29N3O2. The number of hydrogen-bond donors (Lipinski definition) is 0. The largest absolute Gasteiger partial charge is 0.455 e. The van der Waals surface area contributed by atoms with Crippen molar-refractivity contribution in [2.75, 3.05) is 13.1 Å². The lowest BCUT2D eigenvalue weighted by Crippen LogP contribution is -2.37. The van der Waals surface area contributed by atoms with Crippen molar-refractivity contribution in [1.29, 1.82) is 0 Å². The molecule has 0 spiro atoms. The molecule has 4 aromatic rings. The van der Waals surface area contributed by atoms with Crippen LogP contribution in [0.4, 0.5) is 0 Å². The average Bonchev–Trinajstić information content (AvgIpc) is 3.54. The fraction of sp³-hybridized carbons (Fsp3) is 0.276. The van der Waals surface area contributed by atoms with Crippen LogP contribution in [-0.2, 0) is 26.1 Å². The molecule has 0 bridgehead atoms. The molecule has 2 aliphatic heterocycles. The first-order valence-electron chi connectivity index (χ1n) is 12.1. The number of rotatable bonds is 4. The zero-order chi connectivity index (χ0) is 23.1. The van der Waals surface area contributed by atoms with Gasteiger partial charge < -0.3 is 13.9 Å². The summed E-state index contributed by atoms with van der Waals surface area (Å²) < 4.78 is 8.46. The summed E-state index contributed by atoms with van der Waals surface area (Å²) in [5.41, 5.74) is 6.40. The Kier molecular flexibility index (Phi) is 5.34. The lowest BCUT2D eigenvalue weighted by Gasteiger charge is -2.37. The van der Waals surface area contributed by atoms with Crippen LogP contribution in [0.5, 0.6) is 0 Å². The number of nitrogens with zero attached hydrogens (tertiary/aromatic N) is 3. The van der Waals surface area contributed by atoms with Crippen LogP contribution in [-0.4, -0.2) is 33.4 Å². The van der Waals surface area contributed by atoms with Gasteiger partial charge in [0, 0.05) is 38.1 Å². The topological polar surface area (TPSA) is 41.6 Å². The molecule has 0 saturated heterocycles. The number of benzene rings is 2. The van der Waals surface area contributed by atoms with Gasteiger partial charge >= 0.3 is 0 Å². The SMILES string of the molecule is Cc1ccc(C2c3cccn3CCN2Cc2ccc(C(=O)N3CCc4ccccc4C3)o2)cc1. The Morgan fingerprint density at radius 2 is 1.74 bits per heavy atom. The van der Waals surface area contributed by atoms with Crippen LogP contribution < -0.4 is 0 Å². The van der Waals surface area contributed by atoms with Gasteiger partial charge in [0.25, 0.3) is 5.91 Å². The van der Waals surface area contributed by atoms with Gasteiger partial charge in [-0.3, -0.25) is 9.69 Å². The molecule has 2 aromatic heterocycles. The molecule has 0 fully saturated rings. The Balaban J connectivity index is 1.21. The molecule has 5 nitrogen and oxygen atoms in total. The Morgan fingerprint density at radius 1 is 0.912 bits per heavy atom. The molecule has 4 heterocycles. The molecular weight excluding hydrogens is 422 g/mol. The van der Waals surface area contributed by atoms with Crippen molar-refractivity contribution in [3.05, 3.63) is 118 Å². The molecule has 0 radical (unpaired) electrons. The van der Waals surface area contributed by atoms with E-state index in [1.54, 1.807) is 0 Å². The third-order valence-electron chi connectivity index (χ3n) is 7.18. The van der Waals surface area contributed by atoms with Crippen molar-refractivity contribution in [2.24, 2.45) is 0 Å². The van der Waals surface area contributed by atoms with Crippen LogP contribution in [0.3, 0.4) is 0 Å². The number of carbonyl (C=O) groups excluding carboxylic acids is 1. The third kappa shape index (κ3) is 3.86. The minimum Gasteiger partial charge on any atom is -0.455 e. The quantitative estimate of drug-likeness (QED) is 0.429. The van der Waals surface area contributed by atoms with Gasteiger partial charge in [0.2, 0.25) is 0 Å². The zero-order valence-electron chi connectivity index (χ0n) is 19.5. The first-order chi connectivity index (χ1) is 16.7. The monoisotopic (exact) mass is 451 g/mol. The summed E-state index contributed by atoms with van der Waals surface area (Å²) in [5.74, 6) is 1.24. The zero-order valence-corrected chi connectivity index (χ0v) is 19.5. The van der Waals surface area contributed by atoms with E-state index >= 15 is 0 Å². The van der Waals surface area contributed by atoms with E-state index in [-0.39, 0.29) is 11.9 Å². The number of aryl methyl sites for hydroxylation is 1. The first-order valence-corrected chi connectivity index (χ1v) is 12.1. The predicted molar refractivity (Wildman–Crippen MR) is 131 cm³/mol. The van der Waals surface area contributed by atoms with Gasteiger partial charge in [0.15, 0.2) is 5.76 Å². The molecule has 1 amide bonds. The molecule has 0 saturated carbocycles. The van der Waals surface area contributed by atoms with E-state index in [1.165, 1.54) is 27.9 Å². The normalized spacial score (nSPS) is 17.9. The van der Waals surface area contributed by atoms with E-state index in [0.717, 1.165) is 31.8 Å². The summed E-state index contributed by atoms with van der Waals surface area (Å²) in [6.07, 6.45) is 3.05. The van der Waals surface area contributed by atoms with Crippen LogP contribution in [0.15, 0.2) is 83.4 Å². The van der Waals surface area contributed by atoms with Crippen molar-refractivity contribution in [3.8, 4) is 0 Å². The van der Waals surface area contributed by atoms with Crippen molar-refractivity contribution < 1.29 is 9.21 Å². The highest BCUT2D eigenvalue weighted by Crippen LogP contribution is 2.34. The summed E-state index contributed by atoms with van der Waals surface area (Å²) in [5, 5.41) is 0. The second-order valence-corrected chi connectivity index (χ2v) is 9.42. The standard InChI is InChI=1S/C29H29N3O2/c1-21-8-10-23(11-9-21)28-26-7-4-15-30(26)17-18-31(28)20-25-12-13-27(34-25)29(33)32-16-14-22-5-2-3-6-24(22)19-32/h2-13,15,28H,14,16-20H2,1H3. The molecule has 34 heavy (non-hydrogen) atoms. The summed E-state index contributed by atoms with van der Waals surface area (Å²) in [4.78, 5) is 17.5. The molecule has 0 aliphatic carbocycles. The minimum absolute atomic E-state index is 0.0247. The van der Waals surface area contributed by atoms with E-state index in [0.29, 0.717) is 18.8 Å². The molecule has 0 N–H and O–H groups in total. The summed E-state index contributed by atoms with van der Waals surface area (Å²) >= 11 is 0. The van der Waals surface area contributed by atoms with Gasteiger partial charge in [-0.2, -0.15) is 0 Å². The summed E-state index contributed by atoms with van der Waals surface area (Å²) in [6, 6.07) is 25.5. The van der Waals surface area contributed by atoms with E-state index in [2.05, 4.69) is 77.2 Å². The maximum Gasteiger partial charge on any atom is 0.289 e. The smallest absolute Gasteiger partial charge is 0.289 e. The van der Waals surface area contributed by atoms with Crippen molar-refractivity contribution in [2.45, 2.75) is 39.0 Å². The number of furan rings is 1. The highest BCUT2D eigenvalue weighted by molar-refractivity contribution is 5.91. The third-order valence-corrected chi connectivity index (χ3v) is 7.18. The second-order valence-electron chi connectivity index (χ2n) is 9.42. The molecule has 1 atom stereocenters. The van der Waals surface area contributed by atoms with E-state index in [1.807, 2.05) is 23.1 Å². The number of aromatic nitrogens is 1. The Morgan fingerprint density at radius 3 is 2.59 bits per heavy atom. The Hall–Kier alpha value is -3.57. The first kappa shape index (κ1) is 21.0. The van der Waals surface area contributed by atoms with Gasteiger partial charge in [0.05, 0.1) is 12.6 Å². The minimum atomic E-state index is -0.0247. The van der Waals surface area contributed by atoms with E-state index in [9.17, 15) is 4.79 Å². The predicted octanol–water partition coefficient (Wildman–Crippen LogP) is 5.19. The fourth-order valence-corrected chi connectivity index (χ4v) is 5.34. The van der Waals surface area contributed by atoms with Crippen molar-refractivity contribution in [1.82, 2.24) is 14.4 Å². The molecule has 2 aliphatic rings. The van der Waals surface area contributed by atoms with Crippen LogP contribution in [0.1, 0.15) is 50.3 Å². The van der Waals surface area contributed by atoms with Gasteiger partial charge in [-0.15, -0.1) is 0 Å². The Bertz CT molecular complexity index is 1320. The van der Waals surface area contributed by atoms with Gasteiger partial charge in [-0.25, -0.2) is 0 Å². The number of amides is 1. The molecule has 172 valence electrons. The summed E-state index contributed by atoms with van der Waals surface area (Å²) in [6.45, 7) is 6.03. The van der Waals surface area contributed by atoms with E-state index < -0.39 is 0 Å². The fourth-order valence-electron chi connectivity index (χ4n) is 5.34. The maximum atomic E-state index is 13.2. The Labute approximate surface area is 200 Å². The van der Waals surface area contributed by atoms with Gasteiger partial charge in [0.1, 0.15) is 5.76 Å². The number of carbonyl (C=O) groups is 1. The van der Waals surface area contributed by atoms with Crippen LogP contribution >= 0.6 is 0 Å². The van der Waals surface area contributed by atoms with Crippen LogP contribution in [0.2, 0.25) is 0 Å². The average molecular weight is 452 g/mol. The maximum absolute atomic E-state index is 13.2. The molecule has 6 rings (SSSR count).